The first-order valence-corrected chi connectivity index (χ1v) is 3.77. The van der Waals surface area contributed by atoms with E-state index in [9.17, 15) is 0 Å². The Labute approximate surface area is 80.5 Å². The van der Waals surface area contributed by atoms with Crippen molar-refractivity contribution in [3.63, 3.8) is 0 Å². The maximum absolute atomic E-state index is 8.45. The summed E-state index contributed by atoms with van der Waals surface area (Å²) in [5, 5.41) is 17.3. The summed E-state index contributed by atoms with van der Waals surface area (Å²) in [7, 11) is 0. The van der Waals surface area contributed by atoms with Gasteiger partial charge in [0.25, 0.3) is 0 Å². The highest BCUT2D eigenvalue weighted by atomic mass is 35.5. The molecule has 0 aliphatic carbocycles. The molecule has 62 valence electrons. The average Bonchev–Trinajstić information content (AvgIpc) is 2.17. The fraction of sp³-hybridized carbons (Fsp3) is 0. The molecule has 0 aliphatic rings. The molecule has 0 aliphatic heterocycles. The minimum atomic E-state index is 0.0455. The second-order valence-corrected chi connectivity index (χ2v) is 2.58. The highest BCUT2D eigenvalue weighted by Crippen LogP contribution is 2.08. The standard InChI is InChI=1S/C9H4ClN3/c10-9-2-1-7(6-13-9)3-8(4-11)5-12/h1-3,6H. The molecule has 13 heavy (non-hydrogen) atoms. The summed E-state index contributed by atoms with van der Waals surface area (Å²) in [6.07, 6.45) is 2.94. The number of nitrogens with zero attached hydrogens (tertiary/aromatic N) is 3. The van der Waals surface area contributed by atoms with Crippen molar-refractivity contribution < 1.29 is 0 Å². The van der Waals surface area contributed by atoms with Gasteiger partial charge in [0, 0.05) is 6.20 Å². The fourth-order valence-electron chi connectivity index (χ4n) is 0.729. The van der Waals surface area contributed by atoms with Crippen molar-refractivity contribution in [1.82, 2.24) is 4.98 Å². The molecule has 0 unspecified atom stereocenters. The number of hydrogen-bond donors (Lipinski definition) is 0. The molecule has 0 amide bonds. The summed E-state index contributed by atoms with van der Waals surface area (Å²) >= 11 is 5.55. The first-order valence-electron chi connectivity index (χ1n) is 3.39. The maximum atomic E-state index is 8.45. The van der Waals surface area contributed by atoms with E-state index in [-0.39, 0.29) is 5.57 Å². The van der Waals surface area contributed by atoms with Gasteiger partial charge < -0.3 is 0 Å². The van der Waals surface area contributed by atoms with Gasteiger partial charge in [0.15, 0.2) is 0 Å². The third-order valence-electron chi connectivity index (χ3n) is 1.30. The predicted molar refractivity (Wildman–Crippen MR) is 48.5 cm³/mol. The first-order chi connectivity index (χ1) is 6.26. The Hall–Kier alpha value is -1.84. The van der Waals surface area contributed by atoms with E-state index in [1.807, 2.05) is 0 Å². The SMILES string of the molecule is N#CC(C#N)=Cc1ccc(Cl)nc1. The normalized spacial score (nSPS) is 8.23. The molecular formula is C9H4ClN3. The Morgan fingerprint density at radius 2 is 2.08 bits per heavy atom. The van der Waals surface area contributed by atoms with E-state index in [4.69, 9.17) is 22.1 Å². The van der Waals surface area contributed by atoms with Crippen molar-refractivity contribution in [2.75, 3.05) is 0 Å². The molecule has 1 rings (SSSR count). The van der Waals surface area contributed by atoms with Crippen LogP contribution >= 0.6 is 11.6 Å². The van der Waals surface area contributed by atoms with Crippen LogP contribution in [0.25, 0.3) is 6.08 Å². The summed E-state index contributed by atoms with van der Waals surface area (Å²) in [4.78, 5) is 3.80. The number of nitriles is 2. The van der Waals surface area contributed by atoms with Crippen LogP contribution in [-0.2, 0) is 0 Å². The van der Waals surface area contributed by atoms with Gasteiger partial charge in [-0.3, -0.25) is 0 Å². The van der Waals surface area contributed by atoms with Crippen molar-refractivity contribution in [2.45, 2.75) is 0 Å². The smallest absolute Gasteiger partial charge is 0.130 e. The summed E-state index contributed by atoms with van der Waals surface area (Å²) in [5.41, 5.74) is 0.728. The molecule has 0 fully saturated rings. The van der Waals surface area contributed by atoms with Crippen LogP contribution in [0.15, 0.2) is 23.9 Å². The maximum Gasteiger partial charge on any atom is 0.130 e. The molecule has 0 saturated carbocycles. The van der Waals surface area contributed by atoms with Crippen LogP contribution in [0.4, 0.5) is 0 Å². The number of pyridine rings is 1. The Morgan fingerprint density at radius 1 is 1.38 bits per heavy atom. The lowest BCUT2D eigenvalue weighted by Crippen LogP contribution is -1.78. The van der Waals surface area contributed by atoms with E-state index < -0.39 is 0 Å². The van der Waals surface area contributed by atoms with Crippen molar-refractivity contribution in [1.29, 1.82) is 10.5 Å². The molecule has 1 heterocycles. The zero-order valence-electron chi connectivity index (χ0n) is 6.53. The van der Waals surface area contributed by atoms with E-state index in [1.54, 1.807) is 24.3 Å². The molecule has 4 heteroatoms. The van der Waals surface area contributed by atoms with E-state index in [1.165, 1.54) is 12.3 Å². The molecule has 3 nitrogen and oxygen atoms in total. The first kappa shape index (κ1) is 9.25. The zero-order chi connectivity index (χ0) is 9.68. The van der Waals surface area contributed by atoms with Crippen LogP contribution in [0.1, 0.15) is 5.56 Å². The van der Waals surface area contributed by atoms with Crippen LogP contribution in [0.2, 0.25) is 5.15 Å². The van der Waals surface area contributed by atoms with Gasteiger partial charge in [-0.1, -0.05) is 17.7 Å². The number of allylic oxidation sites excluding steroid dienone is 1. The summed E-state index contributed by atoms with van der Waals surface area (Å²) in [6, 6.07) is 6.79. The Bertz CT molecular complexity index is 390. The van der Waals surface area contributed by atoms with E-state index in [0.717, 1.165) is 0 Å². The molecule has 0 spiro atoms. The molecule has 0 atom stereocenters. The van der Waals surface area contributed by atoms with Crippen molar-refractivity contribution in [3.05, 3.63) is 34.6 Å². The Kier molecular flexibility index (Phi) is 3.03. The Morgan fingerprint density at radius 3 is 2.54 bits per heavy atom. The van der Waals surface area contributed by atoms with Crippen molar-refractivity contribution in [3.8, 4) is 12.1 Å². The second-order valence-electron chi connectivity index (χ2n) is 2.20. The van der Waals surface area contributed by atoms with Gasteiger partial charge in [-0.05, 0) is 17.7 Å². The van der Waals surface area contributed by atoms with Crippen LogP contribution < -0.4 is 0 Å². The summed E-state index contributed by atoms with van der Waals surface area (Å²) in [6.45, 7) is 0. The fourth-order valence-corrected chi connectivity index (χ4v) is 0.841. The van der Waals surface area contributed by atoms with E-state index >= 15 is 0 Å². The molecule has 1 aromatic heterocycles. The zero-order valence-corrected chi connectivity index (χ0v) is 7.28. The molecule has 0 saturated heterocycles. The highest BCUT2D eigenvalue weighted by molar-refractivity contribution is 6.29. The lowest BCUT2D eigenvalue weighted by Gasteiger charge is -1.91. The van der Waals surface area contributed by atoms with E-state index in [2.05, 4.69) is 4.98 Å². The highest BCUT2D eigenvalue weighted by Gasteiger charge is 1.94. The largest absolute Gasteiger partial charge is 0.244 e. The van der Waals surface area contributed by atoms with Gasteiger partial charge >= 0.3 is 0 Å². The quantitative estimate of drug-likeness (QED) is 0.503. The van der Waals surface area contributed by atoms with Gasteiger partial charge in [-0.15, -0.1) is 0 Å². The van der Waals surface area contributed by atoms with Crippen molar-refractivity contribution in [2.24, 2.45) is 0 Å². The summed E-state index contributed by atoms with van der Waals surface area (Å²) < 4.78 is 0. The monoisotopic (exact) mass is 189 g/mol. The molecule has 0 N–H and O–H groups in total. The second kappa shape index (κ2) is 4.25. The van der Waals surface area contributed by atoms with Gasteiger partial charge in [0.1, 0.15) is 22.9 Å². The number of halogens is 1. The van der Waals surface area contributed by atoms with Crippen LogP contribution in [0, 0.1) is 22.7 Å². The molecule has 0 bridgehead atoms. The van der Waals surface area contributed by atoms with Gasteiger partial charge in [-0.25, -0.2) is 4.98 Å². The number of hydrogen-bond acceptors (Lipinski definition) is 3. The van der Waals surface area contributed by atoms with Crippen molar-refractivity contribution >= 4 is 17.7 Å². The van der Waals surface area contributed by atoms with Crippen LogP contribution in [0.5, 0.6) is 0 Å². The minimum Gasteiger partial charge on any atom is -0.244 e. The third-order valence-corrected chi connectivity index (χ3v) is 1.53. The average molecular weight is 190 g/mol. The molecule has 0 radical (unpaired) electrons. The lowest BCUT2D eigenvalue weighted by molar-refractivity contribution is 1.31. The molecule has 0 aromatic carbocycles. The topological polar surface area (TPSA) is 60.5 Å². The Balaban J connectivity index is 3.00. The minimum absolute atomic E-state index is 0.0455. The van der Waals surface area contributed by atoms with E-state index in [0.29, 0.717) is 10.7 Å². The number of aromatic nitrogens is 1. The lowest BCUT2D eigenvalue weighted by atomic mass is 10.2. The summed E-state index contributed by atoms with van der Waals surface area (Å²) in [5.74, 6) is 0. The molecule has 1 aromatic rings. The van der Waals surface area contributed by atoms with Crippen LogP contribution in [0.3, 0.4) is 0 Å². The number of rotatable bonds is 1. The third kappa shape index (κ3) is 2.59. The van der Waals surface area contributed by atoms with Crippen LogP contribution in [-0.4, -0.2) is 4.98 Å². The van der Waals surface area contributed by atoms with Gasteiger partial charge in [0.2, 0.25) is 0 Å². The predicted octanol–water partition coefficient (Wildman–Crippen LogP) is 2.17. The van der Waals surface area contributed by atoms with Gasteiger partial charge in [-0.2, -0.15) is 10.5 Å². The van der Waals surface area contributed by atoms with Gasteiger partial charge in [0.05, 0.1) is 0 Å². The molecular weight excluding hydrogens is 186 g/mol.